The van der Waals surface area contributed by atoms with Gasteiger partial charge in [0.2, 0.25) is 5.91 Å². The van der Waals surface area contributed by atoms with Crippen LogP contribution < -0.4 is 15.6 Å². The van der Waals surface area contributed by atoms with E-state index in [-0.39, 0.29) is 18.0 Å². The van der Waals surface area contributed by atoms with Crippen LogP contribution in [0, 0.1) is 6.92 Å². The van der Waals surface area contributed by atoms with E-state index < -0.39 is 0 Å². The molecule has 0 aliphatic carbocycles. The minimum atomic E-state index is -0.307. The Morgan fingerprint density at radius 3 is 2.58 bits per heavy atom. The number of hydrogen-bond acceptors (Lipinski definition) is 4. The Bertz CT molecular complexity index is 952. The summed E-state index contributed by atoms with van der Waals surface area (Å²) < 4.78 is 7.03. The van der Waals surface area contributed by atoms with Gasteiger partial charge in [0, 0.05) is 18.2 Å². The third-order valence-electron chi connectivity index (χ3n) is 3.71. The molecule has 0 saturated heterocycles. The molecule has 132 valence electrons. The summed E-state index contributed by atoms with van der Waals surface area (Å²) in [6.45, 7) is 1.94. The molecule has 3 rings (SSSR count). The van der Waals surface area contributed by atoms with Crippen molar-refractivity contribution in [2.75, 3.05) is 0 Å². The van der Waals surface area contributed by atoms with Crippen LogP contribution in [-0.2, 0) is 17.9 Å². The Hall–Kier alpha value is -3.41. The van der Waals surface area contributed by atoms with Gasteiger partial charge in [-0.25, -0.2) is 4.68 Å². The fraction of sp³-hybridized carbons (Fsp3) is 0.150. The van der Waals surface area contributed by atoms with Crippen molar-refractivity contribution < 1.29 is 9.53 Å². The Labute approximate surface area is 151 Å². The van der Waals surface area contributed by atoms with Gasteiger partial charge in [0.15, 0.2) is 0 Å². The first-order valence-corrected chi connectivity index (χ1v) is 8.24. The summed E-state index contributed by atoms with van der Waals surface area (Å²) in [6.07, 6.45) is 0. The minimum Gasteiger partial charge on any atom is -0.457 e. The first-order valence-electron chi connectivity index (χ1n) is 8.24. The Kier molecular flexibility index (Phi) is 5.43. The lowest BCUT2D eigenvalue weighted by Gasteiger charge is -2.12. The van der Waals surface area contributed by atoms with Crippen molar-refractivity contribution in [3.8, 4) is 11.5 Å². The molecule has 2 aromatic carbocycles. The van der Waals surface area contributed by atoms with Crippen LogP contribution in [0.25, 0.3) is 0 Å². The number of aromatic nitrogens is 2. The summed E-state index contributed by atoms with van der Waals surface area (Å²) >= 11 is 0. The molecule has 1 heterocycles. The molecule has 26 heavy (non-hydrogen) atoms. The summed E-state index contributed by atoms with van der Waals surface area (Å²) in [7, 11) is 0. The maximum atomic E-state index is 12.2. The maximum absolute atomic E-state index is 12.2. The van der Waals surface area contributed by atoms with E-state index in [0.717, 1.165) is 16.0 Å². The summed E-state index contributed by atoms with van der Waals surface area (Å²) in [4.78, 5) is 23.9. The standard InChI is InChI=1S/C20H19N3O3/c1-15-11-12-20(25)23(22-15)14-19(24)21-13-16-7-5-6-10-18(16)26-17-8-3-2-4-9-17/h2-12H,13-14H2,1H3,(H,21,24). The van der Waals surface area contributed by atoms with Crippen LogP contribution in [0.4, 0.5) is 0 Å². The molecule has 6 nitrogen and oxygen atoms in total. The highest BCUT2D eigenvalue weighted by atomic mass is 16.5. The highest BCUT2D eigenvalue weighted by molar-refractivity contribution is 5.75. The van der Waals surface area contributed by atoms with Gasteiger partial charge in [0.25, 0.3) is 5.56 Å². The average molecular weight is 349 g/mol. The number of ether oxygens (including phenoxy) is 1. The van der Waals surface area contributed by atoms with Gasteiger partial charge >= 0.3 is 0 Å². The first-order chi connectivity index (χ1) is 12.6. The van der Waals surface area contributed by atoms with Gasteiger partial charge in [-0.15, -0.1) is 0 Å². The monoisotopic (exact) mass is 349 g/mol. The normalized spacial score (nSPS) is 10.3. The lowest BCUT2D eigenvalue weighted by atomic mass is 10.2. The fourth-order valence-corrected chi connectivity index (χ4v) is 2.41. The summed E-state index contributed by atoms with van der Waals surface area (Å²) in [6, 6.07) is 19.9. The minimum absolute atomic E-state index is 0.123. The van der Waals surface area contributed by atoms with Gasteiger partial charge in [-0.3, -0.25) is 9.59 Å². The van der Waals surface area contributed by atoms with Gasteiger partial charge in [-0.1, -0.05) is 36.4 Å². The van der Waals surface area contributed by atoms with Crippen molar-refractivity contribution in [3.63, 3.8) is 0 Å². The molecule has 1 N–H and O–H groups in total. The fourth-order valence-electron chi connectivity index (χ4n) is 2.41. The molecule has 6 heteroatoms. The zero-order valence-corrected chi connectivity index (χ0v) is 14.4. The number of carbonyl (C=O) groups excluding carboxylic acids is 1. The molecule has 0 aliphatic heterocycles. The second-order valence-corrected chi connectivity index (χ2v) is 5.77. The number of nitrogens with zero attached hydrogens (tertiary/aromatic N) is 2. The van der Waals surface area contributed by atoms with Crippen LogP contribution in [0.3, 0.4) is 0 Å². The molecule has 0 spiro atoms. The van der Waals surface area contributed by atoms with Gasteiger partial charge in [-0.05, 0) is 31.2 Å². The number of aryl methyl sites for hydroxylation is 1. The van der Waals surface area contributed by atoms with Crippen molar-refractivity contribution in [1.29, 1.82) is 0 Å². The molecular weight excluding hydrogens is 330 g/mol. The van der Waals surface area contributed by atoms with Crippen molar-refractivity contribution in [3.05, 3.63) is 88.3 Å². The van der Waals surface area contributed by atoms with Gasteiger partial charge in [0.1, 0.15) is 18.0 Å². The van der Waals surface area contributed by atoms with Crippen LogP contribution in [0.2, 0.25) is 0 Å². The second kappa shape index (κ2) is 8.11. The predicted molar refractivity (Wildman–Crippen MR) is 98.0 cm³/mol. The van der Waals surface area contributed by atoms with E-state index in [1.807, 2.05) is 54.6 Å². The van der Waals surface area contributed by atoms with E-state index >= 15 is 0 Å². The Balaban J connectivity index is 1.65. The molecule has 0 unspecified atom stereocenters. The van der Waals surface area contributed by atoms with Crippen molar-refractivity contribution in [2.45, 2.75) is 20.0 Å². The zero-order valence-electron chi connectivity index (χ0n) is 14.4. The lowest BCUT2D eigenvalue weighted by molar-refractivity contribution is -0.122. The molecule has 0 radical (unpaired) electrons. The highest BCUT2D eigenvalue weighted by Crippen LogP contribution is 2.24. The third kappa shape index (κ3) is 4.57. The molecule has 3 aromatic rings. The van der Waals surface area contributed by atoms with Gasteiger partial charge in [-0.2, -0.15) is 5.10 Å². The number of hydrogen-bond donors (Lipinski definition) is 1. The maximum Gasteiger partial charge on any atom is 0.267 e. The van der Waals surface area contributed by atoms with E-state index in [0.29, 0.717) is 18.0 Å². The zero-order chi connectivity index (χ0) is 18.4. The van der Waals surface area contributed by atoms with Crippen LogP contribution in [-0.4, -0.2) is 15.7 Å². The first kappa shape index (κ1) is 17.4. The Morgan fingerprint density at radius 1 is 1.04 bits per heavy atom. The molecule has 1 amide bonds. The lowest BCUT2D eigenvalue weighted by Crippen LogP contribution is -2.33. The number of amides is 1. The topological polar surface area (TPSA) is 73.2 Å². The summed E-state index contributed by atoms with van der Waals surface area (Å²) in [5, 5.41) is 6.86. The van der Waals surface area contributed by atoms with Crippen molar-refractivity contribution in [1.82, 2.24) is 15.1 Å². The SMILES string of the molecule is Cc1ccc(=O)n(CC(=O)NCc2ccccc2Oc2ccccc2)n1. The van der Waals surface area contributed by atoms with E-state index in [9.17, 15) is 9.59 Å². The molecule has 0 aliphatic rings. The van der Waals surface area contributed by atoms with Crippen LogP contribution in [0.15, 0.2) is 71.5 Å². The summed E-state index contributed by atoms with van der Waals surface area (Å²) in [5.41, 5.74) is 1.21. The average Bonchev–Trinajstić information content (AvgIpc) is 2.65. The quantitative estimate of drug-likeness (QED) is 0.742. The van der Waals surface area contributed by atoms with E-state index in [2.05, 4.69) is 10.4 Å². The van der Waals surface area contributed by atoms with Crippen molar-refractivity contribution in [2.24, 2.45) is 0 Å². The molecule has 0 atom stereocenters. The molecule has 1 aromatic heterocycles. The second-order valence-electron chi connectivity index (χ2n) is 5.77. The molecular formula is C20H19N3O3. The highest BCUT2D eigenvalue weighted by Gasteiger charge is 2.09. The van der Waals surface area contributed by atoms with Gasteiger partial charge in [0.05, 0.1) is 5.69 Å². The van der Waals surface area contributed by atoms with Crippen LogP contribution >= 0.6 is 0 Å². The van der Waals surface area contributed by atoms with Crippen molar-refractivity contribution >= 4 is 5.91 Å². The molecule has 0 fully saturated rings. The van der Waals surface area contributed by atoms with E-state index in [1.54, 1.807) is 13.0 Å². The molecule has 0 saturated carbocycles. The Morgan fingerprint density at radius 2 is 1.77 bits per heavy atom. The van der Waals surface area contributed by atoms with Crippen LogP contribution in [0.5, 0.6) is 11.5 Å². The van der Waals surface area contributed by atoms with Gasteiger partial charge < -0.3 is 10.1 Å². The smallest absolute Gasteiger partial charge is 0.267 e. The predicted octanol–water partition coefficient (Wildman–Crippen LogP) is 2.66. The number of nitrogens with one attached hydrogen (secondary N) is 1. The number of para-hydroxylation sites is 2. The number of carbonyl (C=O) groups is 1. The number of benzene rings is 2. The molecule has 0 bridgehead atoms. The number of rotatable bonds is 6. The summed E-state index contributed by atoms with van der Waals surface area (Å²) in [5.74, 6) is 1.10. The van der Waals surface area contributed by atoms with E-state index in [4.69, 9.17) is 4.74 Å². The largest absolute Gasteiger partial charge is 0.457 e. The third-order valence-corrected chi connectivity index (χ3v) is 3.71. The van der Waals surface area contributed by atoms with E-state index in [1.165, 1.54) is 6.07 Å². The van der Waals surface area contributed by atoms with Crippen LogP contribution in [0.1, 0.15) is 11.3 Å².